The predicted molar refractivity (Wildman–Crippen MR) is 75.6 cm³/mol. The van der Waals surface area contributed by atoms with Crippen molar-refractivity contribution in [2.75, 3.05) is 0 Å². The second kappa shape index (κ2) is 3.19. The van der Waals surface area contributed by atoms with Crippen LogP contribution in [-0.4, -0.2) is 0 Å². The van der Waals surface area contributed by atoms with E-state index in [2.05, 4.69) is 45.6 Å². The van der Waals surface area contributed by atoms with Gasteiger partial charge in [0.25, 0.3) is 0 Å². The van der Waals surface area contributed by atoms with Crippen LogP contribution in [0.15, 0.2) is 34.1 Å². The smallest absolute Gasteiger partial charge is 0.0492 e. The van der Waals surface area contributed by atoms with Gasteiger partial charge in [0, 0.05) is 25.2 Å². The molecule has 4 rings (SSSR count). The molecule has 1 aliphatic carbocycles. The summed E-state index contributed by atoms with van der Waals surface area (Å²) in [6.07, 6.45) is 1.10. The van der Waals surface area contributed by atoms with E-state index in [1.165, 1.54) is 29.9 Å². The molecule has 2 aromatic heterocycles. The van der Waals surface area contributed by atoms with Gasteiger partial charge in [-0.3, -0.25) is 0 Å². The zero-order valence-electron chi connectivity index (χ0n) is 8.29. The van der Waals surface area contributed by atoms with Crippen molar-refractivity contribution in [1.29, 1.82) is 0 Å². The highest BCUT2D eigenvalue weighted by molar-refractivity contribution is 9.10. The summed E-state index contributed by atoms with van der Waals surface area (Å²) in [7, 11) is 0. The summed E-state index contributed by atoms with van der Waals surface area (Å²) in [6.45, 7) is 0. The molecular formula is C13H7BrS2. The lowest BCUT2D eigenvalue weighted by Gasteiger charge is -1.98. The van der Waals surface area contributed by atoms with Crippen molar-refractivity contribution < 1.29 is 0 Å². The van der Waals surface area contributed by atoms with Crippen LogP contribution in [-0.2, 0) is 6.42 Å². The number of hydrogen-bond donors (Lipinski definition) is 0. The summed E-state index contributed by atoms with van der Waals surface area (Å²) >= 11 is 7.36. The van der Waals surface area contributed by atoms with Crippen LogP contribution in [0.5, 0.6) is 0 Å². The molecule has 0 spiro atoms. The van der Waals surface area contributed by atoms with Gasteiger partial charge in [-0.15, -0.1) is 22.7 Å². The van der Waals surface area contributed by atoms with Gasteiger partial charge < -0.3 is 0 Å². The molecule has 0 bridgehead atoms. The molecule has 0 unspecified atom stereocenters. The Hall–Kier alpha value is -0.640. The maximum absolute atomic E-state index is 3.55. The number of halogens is 1. The van der Waals surface area contributed by atoms with Gasteiger partial charge in [0.2, 0.25) is 0 Å². The summed E-state index contributed by atoms with van der Waals surface area (Å²) < 4.78 is 4.12. The van der Waals surface area contributed by atoms with Crippen LogP contribution in [0.2, 0.25) is 0 Å². The second-order valence-corrected chi connectivity index (χ2v) is 6.89. The third-order valence-electron chi connectivity index (χ3n) is 3.07. The minimum Gasteiger partial charge on any atom is -0.143 e. The Kier molecular flexibility index (Phi) is 1.87. The van der Waals surface area contributed by atoms with E-state index >= 15 is 0 Å². The van der Waals surface area contributed by atoms with Crippen molar-refractivity contribution in [2.45, 2.75) is 6.42 Å². The molecule has 78 valence electrons. The maximum Gasteiger partial charge on any atom is 0.0492 e. The number of fused-ring (bicyclic) bond motifs is 5. The largest absolute Gasteiger partial charge is 0.143 e. The van der Waals surface area contributed by atoms with Gasteiger partial charge in [-0.25, -0.2) is 0 Å². The van der Waals surface area contributed by atoms with Crippen molar-refractivity contribution in [1.82, 2.24) is 0 Å². The minimum atomic E-state index is 1.10. The molecule has 3 heteroatoms. The quantitative estimate of drug-likeness (QED) is 0.414. The summed E-state index contributed by atoms with van der Waals surface area (Å²) in [5, 5.41) is 2.19. The van der Waals surface area contributed by atoms with Crippen LogP contribution in [0, 0.1) is 0 Å². The first kappa shape index (κ1) is 9.40. The van der Waals surface area contributed by atoms with E-state index in [0.717, 1.165) is 6.42 Å². The van der Waals surface area contributed by atoms with Gasteiger partial charge in [0.1, 0.15) is 0 Å². The topological polar surface area (TPSA) is 0 Å². The molecule has 0 radical (unpaired) electrons. The van der Waals surface area contributed by atoms with Crippen LogP contribution in [0.25, 0.3) is 19.8 Å². The summed E-state index contributed by atoms with van der Waals surface area (Å²) in [4.78, 5) is 1.49. The highest BCUT2D eigenvalue weighted by Crippen LogP contribution is 2.48. The molecule has 3 aromatic rings. The number of thiophene rings is 2. The predicted octanol–water partition coefficient (Wildman–Crippen LogP) is 5.30. The molecule has 0 nitrogen and oxygen atoms in total. The monoisotopic (exact) mass is 306 g/mol. The first-order chi connectivity index (χ1) is 7.83. The van der Waals surface area contributed by atoms with Crippen molar-refractivity contribution in [3.8, 4) is 10.4 Å². The van der Waals surface area contributed by atoms with Crippen LogP contribution in [0.4, 0.5) is 0 Å². The van der Waals surface area contributed by atoms with Gasteiger partial charge in [-0.05, 0) is 40.3 Å². The lowest BCUT2D eigenvalue weighted by Crippen LogP contribution is -1.79. The Labute approximate surface area is 110 Å². The standard InChI is InChI=1S/C13H7BrS2/c14-8-1-2-9-7(5-8)6-10-12(9)16-11-3-4-15-13(10)11/h1-5H,6H2. The summed E-state index contributed by atoms with van der Waals surface area (Å²) in [5.41, 5.74) is 4.45. The minimum absolute atomic E-state index is 1.10. The SMILES string of the molecule is Brc1ccc2c(c1)Cc1c-2sc2ccsc12. The average Bonchev–Trinajstić information content (AvgIpc) is 2.87. The molecular weight excluding hydrogens is 300 g/mol. The maximum atomic E-state index is 3.55. The molecule has 0 aliphatic heterocycles. The van der Waals surface area contributed by atoms with Crippen LogP contribution >= 0.6 is 38.6 Å². The second-order valence-electron chi connectivity index (χ2n) is 4.00. The molecule has 0 atom stereocenters. The van der Waals surface area contributed by atoms with Crippen LogP contribution in [0.3, 0.4) is 0 Å². The van der Waals surface area contributed by atoms with Crippen molar-refractivity contribution >= 4 is 48.0 Å². The fourth-order valence-corrected chi connectivity index (χ4v) is 5.22. The molecule has 0 saturated carbocycles. The van der Waals surface area contributed by atoms with E-state index in [4.69, 9.17) is 0 Å². The molecule has 0 amide bonds. The molecule has 1 aliphatic rings. The van der Waals surface area contributed by atoms with E-state index in [-0.39, 0.29) is 0 Å². The van der Waals surface area contributed by atoms with E-state index < -0.39 is 0 Å². The van der Waals surface area contributed by atoms with Gasteiger partial charge in [0.15, 0.2) is 0 Å². The first-order valence-electron chi connectivity index (χ1n) is 5.10. The van der Waals surface area contributed by atoms with E-state index in [9.17, 15) is 0 Å². The van der Waals surface area contributed by atoms with Crippen molar-refractivity contribution in [2.24, 2.45) is 0 Å². The summed E-state index contributed by atoms with van der Waals surface area (Å²) in [5.74, 6) is 0. The van der Waals surface area contributed by atoms with Gasteiger partial charge in [0.05, 0.1) is 0 Å². The third kappa shape index (κ3) is 1.14. The lowest BCUT2D eigenvalue weighted by atomic mass is 10.1. The number of benzene rings is 1. The van der Waals surface area contributed by atoms with Crippen molar-refractivity contribution in [3.05, 3.63) is 45.2 Å². The molecule has 0 N–H and O–H groups in total. The average molecular weight is 307 g/mol. The lowest BCUT2D eigenvalue weighted by molar-refractivity contribution is 1.29. The van der Waals surface area contributed by atoms with Gasteiger partial charge in [-0.1, -0.05) is 22.0 Å². The fraction of sp³-hybridized carbons (Fsp3) is 0.0769. The van der Waals surface area contributed by atoms with Crippen molar-refractivity contribution in [3.63, 3.8) is 0 Å². The van der Waals surface area contributed by atoms with Gasteiger partial charge in [-0.2, -0.15) is 0 Å². The Balaban J connectivity index is 2.07. The highest BCUT2D eigenvalue weighted by Gasteiger charge is 2.23. The molecule has 0 fully saturated rings. The third-order valence-corrected chi connectivity index (χ3v) is 5.90. The molecule has 16 heavy (non-hydrogen) atoms. The van der Waals surface area contributed by atoms with Crippen LogP contribution in [0.1, 0.15) is 11.1 Å². The Morgan fingerprint density at radius 1 is 1.19 bits per heavy atom. The zero-order chi connectivity index (χ0) is 10.7. The summed E-state index contributed by atoms with van der Waals surface area (Å²) in [6, 6.07) is 8.87. The molecule has 0 saturated heterocycles. The van der Waals surface area contributed by atoms with E-state index in [1.807, 2.05) is 22.7 Å². The Morgan fingerprint density at radius 3 is 3.06 bits per heavy atom. The first-order valence-corrected chi connectivity index (χ1v) is 7.59. The molecule has 1 aromatic carbocycles. The van der Waals surface area contributed by atoms with E-state index in [0.29, 0.717) is 0 Å². The zero-order valence-corrected chi connectivity index (χ0v) is 11.5. The number of hydrogen-bond acceptors (Lipinski definition) is 2. The number of rotatable bonds is 0. The Bertz CT molecular complexity index is 706. The molecule has 2 heterocycles. The van der Waals surface area contributed by atoms with Crippen LogP contribution < -0.4 is 0 Å². The van der Waals surface area contributed by atoms with E-state index in [1.54, 1.807) is 5.56 Å². The highest BCUT2D eigenvalue weighted by atomic mass is 79.9. The normalized spacial score (nSPS) is 13.1. The van der Waals surface area contributed by atoms with Gasteiger partial charge >= 0.3 is 0 Å². The fourth-order valence-electron chi connectivity index (χ4n) is 2.37. The Morgan fingerprint density at radius 2 is 2.12 bits per heavy atom.